The van der Waals surface area contributed by atoms with Crippen LogP contribution in [0.15, 0.2) is 48.7 Å². The van der Waals surface area contributed by atoms with Crippen molar-refractivity contribution in [1.29, 1.82) is 0 Å². The Labute approximate surface area is 137 Å². The molecule has 1 fully saturated rings. The zero-order valence-electron chi connectivity index (χ0n) is 13.9. The van der Waals surface area contributed by atoms with Crippen molar-refractivity contribution in [3.05, 3.63) is 59.9 Å². The lowest BCUT2D eigenvalue weighted by Crippen LogP contribution is -2.58. The number of anilines is 1. The number of amides is 1. The van der Waals surface area contributed by atoms with Crippen LogP contribution in [0.3, 0.4) is 0 Å². The van der Waals surface area contributed by atoms with E-state index < -0.39 is 0 Å². The molecular weight excluding hydrogens is 286 g/mol. The maximum atomic E-state index is 12.8. The highest BCUT2D eigenvalue weighted by Gasteiger charge is 2.33. The molecule has 1 aliphatic rings. The Morgan fingerprint density at radius 3 is 2.26 bits per heavy atom. The largest absolute Gasteiger partial charge is 0.367 e. The Morgan fingerprint density at radius 2 is 1.70 bits per heavy atom. The lowest BCUT2D eigenvalue weighted by Gasteiger charge is -2.45. The molecule has 2 heterocycles. The van der Waals surface area contributed by atoms with Gasteiger partial charge in [-0.1, -0.05) is 23.8 Å². The van der Waals surface area contributed by atoms with Crippen molar-refractivity contribution >= 4 is 11.6 Å². The molecule has 0 N–H and O–H groups in total. The van der Waals surface area contributed by atoms with Crippen molar-refractivity contribution in [3.63, 3.8) is 0 Å². The Hall–Kier alpha value is -2.36. The molecule has 0 spiro atoms. The van der Waals surface area contributed by atoms with Gasteiger partial charge in [0, 0.05) is 37.1 Å². The van der Waals surface area contributed by atoms with Crippen LogP contribution in [0, 0.1) is 6.92 Å². The molecule has 1 aliphatic heterocycles. The highest BCUT2D eigenvalue weighted by molar-refractivity contribution is 5.92. The standard InChI is InChI=1S/C19H23N3O/c1-14-7-9-17(10-8-14)21-12-15(2)22(16(3)13-21)19(23)18-6-4-5-11-20-18/h4-11,15-16H,12-13H2,1-3H3/t15-,16+. The minimum Gasteiger partial charge on any atom is -0.367 e. The van der Waals surface area contributed by atoms with Crippen molar-refractivity contribution in [3.8, 4) is 0 Å². The van der Waals surface area contributed by atoms with E-state index in [1.165, 1.54) is 11.3 Å². The molecule has 23 heavy (non-hydrogen) atoms. The summed E-state index contributed by atoms with van der Waals surface area (Å²) in [6, 6.07) is 14.4. The molecule has 0 saturated carbocycles. The molecule has 3 rings (SSSR count). The first kappa shape index (κ1) is 15.5. The van der Waals surface area contributed by atoms with Gasteiger partial charge >= 0.3 is 0 Å². The SMILES string of the molecule is Cc1ccc(N2C[C@@H](C)N(C(=O)c3ccccn3)[C@@H](C)C2)cc1. The molecule has 2 atom stereocenters. The van der Waals surface area contributed by atoms with Gasteiger partial charge < -0.3 is 9.80 Å². The Kier molecular flexibility index (Phi) is 4.33. The average molecular weight is 309 g/mol. The van der Waals surface area contributed by atoms with Crippen LogP contribution < -0.4 is 4.90 Å². The van der Waals surface area contributed by atoms with E-state index in [9.17, 15) is 4.79 Å². The summed E-state index contributed by atoms with van der Waals surface area (Å²) < 4.78 is 0. The van der Waals surface area contributed by atoms with Crippen LogP contribution in [0.1, 0.15) is 29.9 Å². The number of piperazine rings is 1. The van der Waals surface area contributed by atoms with Crippen LogP contribution in [0.4, 0.5) is 5.69 Å². The Bertz CT molecular complexity index is 657. The molecule has 0 bridgehead atoms. The zero-order chi connectivity index (χ0) is 16.4. The number of carbonyl (C=O) groups is 1. The van der Waals surface area contributed by atoms with E-state index in [1.807, 2.05) is 17.0 Å². The number of carbonyl (C=O) groups excluding carboxylic acids is 1. The lowest BCUT2D eigenvalue weighted by atomic mass is 10.1. The Morgan fingerprint density at radius 1 is 1.04 bits per heavy atom. The molecule has 0 aliphatic carbocycles. The van der Waals surface area contributed by atoms with Gasteiger partial charge in [-0.2, -0.15) is 0 Å². The predicted octanol–water partition coefficient (Wildman–Crippen LogP) is 3.13. The number of hydrogen-bond donors (Lipinski definition) is 0. The van der Waals surface area contributed by atoms with Gasteiger partial charge in [0.05, 0.1) is 0 Å². The van der Waals surface area contributed by atoms with E-state index in [0.29, 0.717) is 5.69 Å². The van der Waals surface area contributed by atoms with E-state index in [-0.39, 0.29) is 18.0 Å². The maximum Gasteiger partial charge on any atom is 0.273 e. The van der Waals surface area contributed by atoms with Crippen molar-refractivity contribution in [2.24, 2.45) is 0 Å². The van der Waals surface area contributed by atoms with Gasteiger partial charge in [-0.25, -0.2) is 0 Å². The summed E-state index contributed by atoms with van der Waals surface area (Å²) in [6.45, 7) is 7.99. The monoisotopic (exact) mass is 309 g/mol. The van der Waals surface area contributed by atoms with Crippen molar-refractivity contribution in [1.82, 2.24) is 9.88 Å². The molecule has 1 aromatic heterocycles. The highest BCUT2D eigenvalue weighted by Crippen LogP contribution is 2.24. The second-order valence-electron chi connectivity index (χ2n) is 6.37. The van der Waals surface area contributed by atoms with Gasteiger partial charge in [0.1, 0.15) is 5.69 Å². The molecule has 1 amide bonds. The van der Waals surface area contributed by atoms with Gasteiger partial charge in [0.15, 0.2) is 0 Å². The fourth-order valence-corrected chi connectivity index (χ4v) is 3.31. The van der Waals surface area contributed by atoms with Gasteiger partial charge in [-0.15, -0.1) is 0 Å². The van der Waals surface area contributed by atoms with E-state index in [0.717, 1.165) is 13.1 Å². The summed E-state index contributed by atoms with van der Waals surface area (Å²) in [5.41, 5.74) is 3.01. The number of hydrogen-bond acceptors (Lipinski definition) is 3. The second-order valence-corrected chi connectivity index (χ2v) is 6.37. The van der Waals surface area contributed by atoms with E-state index in [4.69, 9.17) is 0 Å². The number of pyridine rings is 1. The van der Waals surface area contributed by atoms with Crippen molar-refractivity contribution in [2.45, 2.75) is 32.9 Å². The molecule has 2 aromatic rings. The minimum atomic E-state index is 0.0224. The molecule has 4 nitrogen and oxygen atoms in total. The van der Waals surface area contributed by atoms with Crippen LogP contribution in [0.5, 0.6) is 0 Å². The smallest absolute Gasteiger partial charge is 0.273 e. The number of benzene rings is 1. The summed E-state index contributed by atoms with van der Waals surface area (Å²) in [6.07, 6.45) is 1.67. The number of aryl methyl sites for hydroxylation is 1. The molecule has 120 valence electrons. The topological polar surface area (TPSA) is 36.4 Å². The summed E-state index contributed by atoms with van der Waals surface area (Å²) in [5.74, 6) is 0.0224. The summed E-state index contributed by atoms with van der Waals surface area (Å²) >= 11 is 0. The molecule has 1 saturated heterocycles. The first-order chi connectivity index (χ1) is 11.1. The molecular formula is C19H23N3O. The molecule has 1 aromatic carbocycles. The molecule has 0 radical (unpaired) electrons. The van der Waals surface area contributed by atoms with Gasteiger partial charge in [-0.3, -0.25) is 9.78 Å². The van der Waals surface area contributed by atoms with Gasteiger partial charge in [0.25, 0.3) is 5.91 Å². The number of rotatable bonds is 2. The molecule has 0 unspecified atom stereocenters. The van der Waals surface area contributed by atoms with Crippen molar-refractivity contribution < 1.29 is 4.79 Å². The van der Waals surface area contributed by atoms with Crippen LogP contribution in [-0.2, 0) is 0 Å². The fourth-order valence-electron chi connectivity index (χ4n) is 3.31. The van der Waals surface area contributed by atoms with Gasteiger partial charge in [0.2, 0.25) is 0 Å². The third-order valence-electron chi connectivity index (χ3n) is 4.44. The quantitative estimate of drug-likeness (QED) is 0.855. The van der Waals surface area contributed by atoms with Crippen LogP contribution in [0.25, 0.3) is 0 Å². The second kappa shape index (κ2) is 6.41. The third kappa shape index (κ3) is 3.21. The minimum absolute atomic E-state index is 0.0224. The summed E-state index contributed by atoms with van der Waals surface area (Å²) in [4.78, 5) is 21.3. The maximum absolute atomic E-state index is 12.8. The van der Waals surface area contributed by atoms with E-state index in [2.05, 4.69) is 54.9 Å². The molecule has 4 heteroatoms. The summed E-state index contributed by atoms with van der Waals surface area (Å²) in [5, 5.41) is 0. The van der Waals surface area contributed by atoms with Crippen LogP contribution >= 0.6 is 0 Å². The van der Waals surface area contributed by atoms with E-state index in [1.54, 1.807) is 12.3 Å². The van der Waals surface area contributed by atoms with Crippen LogP contribution in [0.2, 0.25) is 0 Å². The lowest BCUT2D eigenvalue weighted by molar-refractivity contribution is 0.0568. The highest BCUT2D eigenvalue weighted by atomic mass is 16.2. The van der Waals surface area contributed by atoms with Gasteiger partial charge in [-0.05, 0) is 45.0 Å². The normalized spacial score (nSPS) is 21.3. The summed E-state index contributed by atoms with van der Waals surface area (Å²) in [7, 11) is 0. The predicted molar refractivity (Wildman–Crippen MR) is 92.7 cm³/mol. The number of aromatic nitrogens is 1. The first-order valence-electron chi connectivity index (χ1n) is 8.11. The first-order valence-corrected chi connectivity index (χ1v) is 8.11. The van der Waals surface area contributed by atoms with Crippen LogP contribution in [-0.4, -0.2) is 41.0 Å². The fraction of sp³-hybridized carbons (Fsp3) is 0.368. The van der Waals surface area contributed by atoms with Crippen molar-refractivity contribution in [2.75, 3.05) is 18.0 Å². The zero-order valence-corrected chi connectivity index (χ0v) is 13.9. The Balaban J connectivity index is 1.77. The average Bonchev–Trinajstić information content (AvgIpc) is 2.55. The number of nitrogens with zero attached hydrogens (tertiary/aromatic N) is 3. The third-order valence-corrected chi connectivity index (χ3v) is 4.44. The van der Waals surface area contributed by atoms with E-state index >= 15 is 0 Å².